The van der Waals surface area contributed by atoms with Crippen LogP contribution in [0.3, 0.4) is 0 Å². The summed E-state index contributed by atoms with van der Waals surface area (Å²) >= 11 is 0. The summed E-state index contributed by atoms with van der Waals surface area (Å²) in [5.41, 5.74) is 3.24. The molecule has 1 atom stereocenters. The van der Waals surface area contributed by atoms with Crippen molar-refractivity contribution in [1.82, 2.24) is 0 Å². The van der Waals surface area contributed by atoms with E-state index in [0.29, 0.717) is 0 Å². The largest absolute Gasteiger partial charge is 0.480 e. The zero-order valence-electron chi connectivity index (χ0n) is 12.1. The van der Waals surface area contributed by atoms with Crippen molar-refractivity contribution in [2.45, 2.75) is 32.2 Å². The molecule has 2 aromatic rings. The highest BCUT2D eigenvalue weighted by Crippen LogP contribution is 2.37. The number of hydrogen-bond donors (Lipinski definition) is 1. The Kier molecular flexibility index (Phi) is 3.69. The number of aryl methyl sites for hydroxylation is 2. The van der Waals surface area contributed by atoms with E-state index in [4.69, 9.17) is 4.42 Å². The smallest absolute Gasteiger partial charge is 0.323 e. The molecule has 0 amide bonds. The average molecular weight is 285 g/mol. The van der Waals surface area contributed by atoms with Gasteiger partial charge >= 0.3 is 5.97 Å². The molecule has 0 saturated heterocycles. The number of benzene rings is 1. The second-order valence-corrected chi connectivity index (χ2v) is 5.56. The molecule has 0 radical (unpaired) electrons. The molecule has 1 unspecified atom stereocenters. The number of fused-ring (bicyclic) bond motifs is 1. The van der Waals surface area contributed by atoms with Gasteiger partial charge in [0.1, 0.15) is 12.3 Å². The third-order valence-corrected chi connectivity index (χ3v) is 4.07. The minimum absolute atomic E-state index is 0.00164. The van der Waals surface area contributed by atoms with E-state index < -0.39 is 5.97 Å². The summed E-state index contributed by atoms with van der Waals surface area (Å²) in [6, 6.07) is 10.1. The van der Waals surface area contributed by atoms with E-state index in [1.807, 2.05) is 42.2 Å². The Labute approximate surface area is 124 Å². The number of furan rings is 1. The molecule has 0 saturated carbocycles. The molecular formula is C17H19NO3. The van der Waals surface area contributed by atoms with Gasteiger partial charge in [-0.15, -0.1) is 0 Å². The first-order valence-corrected chi connectivity index (χ1v) is 7.26. The normalized spacial score (nSPS) is 17.3. The fraction of sp³-hybridized carbons (Fsp3) is 0.353. The van der Waals surface area contributed by atoms with Crippen molar-refractivity contribution in [3.63, 3.8) is 0 Å². The number of anilines is 1. The SMILES string of the molecule is Cc1ccc(N(CC(=O)O)C2CCCc3occc32)cc1. The van der Waals surface area contributed by atoms with E-state index in [1.54, 1.807) is 6.26 Å². The topological polar surface area (TPSA) is 53.7 Å². The van der Waals surface area contributed by atoms with Crippen LogP contribution in [0.25, 0.3) is 0 Å². The Balaban J connectivity index is 1.97. The van der Waals surface area contributed by atoms with E-state index in [9.17, 15) is 9.90 Å². The van der Waals surface area contributed by atoms with E-state index in [1.165, 1.54) is 5.56 Å². The van der Waals surface area contributed by atoms with Crippen LogP contribution in [0.2, 0.25) is 0 Å². The molecule has 3 rings (SSSR count). The fourth-order valence-electron chi connectivity index (χ4n) is 3.05. The van der Waals surface area contributed by atoms with Gasteiger partial charge in [-0.3, -0.25) is 4.79 Å². The highest BCUT2D eigenvalue weighted by Gasteiger charge is 2.29. The van der Waals surface area contributed by atoms with Crippen LogP contribution in [0.1, 0.15) is 35.8 Å². The molecule has 1 aliphatic carbocycles. The third-order valence-electron chi connectivity index (χ3n) is 4.07. The monoisotopic (exact) mass is 285 g/mol. The lowest BCUT2D eigenvalue weighted by atomic mass is 9.91. The predicted octanol–water partition coefficient (Wildman–Crippen LogP) is 3.56. The minimum atomic E-state index is -0.814. The number of rotatable bonds is 4. The van der Waals surface area contributed by atoms with Crippen molar-refractivity contribution in [2.75, 3.05) is 11.4 Å². The Hall–Kier alpha value is -2.23. The highest BCUT2D eigenvalue weighted by atomic mass is 16.4. The number of aliphatic carboxylic acids is 1. The van der Waals surface area contributed by atoms with E-state index >= 15 is 0 Å². The Morgan fingerprint density at radius 3 is 2.81 bits per heavy atom. The van der Waals surface area contributed by atoms with E-state index in [2.05, 4.69) is 0 Å². The molecule has 0 fully saturated rings. The summed E-state index contributed by atoms with van der Waals surface area (Å²) in [5, 5.41) is 9.26. The molecule has 1 heterocycles. The van der Waals surface area contributed by atoms with Gasteiger partial charge < -0.3 is 14.4 Å². The lowest BCUT2D eigenvalue weighted by molar-refractivity contribution is -0.135. The third kappa shape index (κ3) is 2.79. The molecule has 110 valence electrons. The number of carboxylic acid groups (broad SMARTS) is 1. The van der Waals surface area contributed by atoms with Gasteiger partial charge in [-0.25, -0.2) is 0 Å². The Morgan fingerprint density at radius 1 is 1.33 bits per heavy atom. The van der Waals surface area contributed by atoms with Gasteiger partial charge in [-0.1, -0.05) is 17.7 Å². The summed E-state index contributed by atoms with van der Waals surface area (Å²) in [5.74, 6) is 0.181. The molecule has 1 aromatic carbocycles. The lowest BCUT2D eigenvalue weighted by Gasteiger charge is -2.34. The Bertz CT molecular complexity index is 630. The highest BCUT2D eigenvalue weighted by molar-refractivity contribution is 5.74. The molecule has 21 heavy (non-hydrogen) atoms. The first-order chi connectivity index (χ1) is 10.1. The quantitative estimate of drug-likeness (QED) is 0.933. The van der Waals surface area contributed by atoms with Crippen LogP contribution in [0, 0.1) is 6.92 Å². The summed E-state index contributed by atoms with van der Waals surface area (Å²) in [6.45, 7) is 2.03. The molecule has 0 spiro atoms. The predicted molar refractivity (Wildman–Crippen MR) is 80.5 cm³/mol. The summed E-state index contributed by atoms with van der Waals surface area (Å²) in [4.78, 5) is 13.2. The van der Waals surface area contributed by atoms with Crippen molar-refractivity contribution < 1.29 is 14.3 Å². The second kappa shape index (κ2) is 5.64. The first kappa shape index (κ1) is 13.7. The zero-order chi connectivity index (χ0) is 14.8. The maximum atomic E-state index is 11.3. The number of carbonyl (C=O) groups is 1. The maximum absolute atomic E-state index is 11.3. The molecule has 1 N–H and O–H groups in total. The molecule has 1 aromatic heterocycles. The lowest BCUT2D eigenvalue weighted by Crippen LogP contribution is -2.35. The number of hydrogen-bond acceptors (Lipinski definition) is 3. The van der Waals surface area contributed by atoms with Crippen LogP contribution in [-0.2, 0) is 11.2 Å². The van der Waals surface area contributed by atoms with Crippen molar-refractivity contribution in [2.24, 2.45) is 0 Å². The second-order valence-electron chi connectivity index (χ2n) is 5.56. The van der Waals surface area contributed by atoms with Crippen LogP contribution < -0.4 is 4.90 Å². The van der Waals surface area contributed by atoms with Gasteiger partial charge in [0.2, 0.25) is 0 Å². The van der Waals surface area contributed by atoms with Crippen LogP contribution in [0.4, 0.5) is 5.69 Å². The van der Waals surface area contributed by atoms with Gasteiger partial charge in [0.25, 0.3) is 0 Å². The molecular weight excluding hydrogens is 266 g/mol. The number of carboxylic acids is 1. The van der Waals surface area contributed by atoms with Crippen LogP contribution in [-0.4, -0.2) is 17.6 Å². The number of nitrogens with zero attached hydrogens (tertiary/aromatic N) is 1. The van der Waals surface area contributed by atoms with Gasteiger partial charge in [0.15, 0.2) is 0 Å². The molecule has 4 heteroatoms. The summed E-state index contributed by atoms with van der Waals surface area (Å²) < 4.78 is 5.52. The van der Waals surface area contributed by atoms with Crippen molar-refractivity contribution >= 4 is 11.7 Å². The standard InChI is InChI=1S/C17H19NO3/c1-12-5-7-13(8-6-12)18(11-17(19)20)15-3-2-4-16-14(15)9-10-21-16/h5-10,15H,2-4,11H2,1H3,(H,19,20). The minimum Gasteiger partial charge on any atom is -0.480 e. The van der Waals surface area contributed by atoms with Gasteiger partial charge in [-0.05, 0) is 38.0 Å². The molecule has 1 aliphatic rings. The first-order valence-electron chi connectivity index (χ1n) is 7.26. The summed E-state index contributed by atoms with van der Waals surface area (Å²) in [6.07, 6.45) is 4.62. The summed E-state index contributed by atoms with van der Waals surface area (Å²) in [7, 11) is 0. The van der Waals surface area contributed by atoms with Crippen molar-refractivity contribution in [3.8, 4) is 0 Å². The van der Waals surface area contributed by atoms with Crippen molar-refractivity contribution in [3.05, 3.63) is 53.5 Å². The molecule has 0 aliphatic heterocycles. The van der Waals surface area contributed by atoms with Gasteiger partial charge in [0.05, 0.1) is 12.3 Å². The van der Waals surface area contributed by atoms with Crippen molar-refractivity contribution in [1.29, 1.82) is 0 Å². The fourth-order valence-corrected chi connectivity index (χ4v) is 3.05. The maximum Gasteiger partial charge on any atom is 0.323 e. The van der Waals surface area contributed by atoms with Crippen LogP contribution in [0.5, 0.6) is 0 Å². The zero-order valence-corrected chi connectivity index (χ0v) is 12.1. The van der Waals surface area contributed by atoms with Gasteiger partial charge in [0, 0.05) is 17.7 Å². The average Bonchev–Trinajstić information content (AvgIpc) is 2.94. The van der Waals surface area contributed by atoms with Crippen LogP contribution in [0.15, 0.2) is 41.0 Å². The Morgan fingerprint density at radius 2 is 2.10 bits per heavy atom. The van der Waals surface area contributed by atoms with E-state index in [0.717, 1.165) is 36.3 Å². The molecule has 4 nitrogen and oxygen atoms in total. The van der Waals surface area contributed by atoms with E-state index in [-0.39, 0.29) is 12.6 Å². The van der Waals surface area contributed by atoms with Crippen LogP contribution >= 0.6 is 0 Å². The van der Waals surface area contributed by atoms with Gasteiger partial charge in [-0.2, -0.15) is 0 Å². The molecule has 0 bridgehead atoms.